The Kier molecular flexibility index (Phi) is 3.79. The zero-order chi connectivity index (χ0) is 14.0. The minimum absolute atomic E-state index is 0.211. The summed E-state index contributed by atoms with van der Waals surface area (Å²) in [7, 11) is 0. The van der Waals surface area contributed by atoms with Crippen molar-refractivity contribution < 1.29 is 4.79 Å². The summed E-state index contributed by atoms with van der Waals surface area (Å²) in [6.07, 6.45) is 4.62. The molecule has 1 spiro atoms. The van der Waals surface area contributed by atoms with E-state index in [0.29, 0.717) is 5.41 Å². The van der Waals surface area contributed by atoms with Crippen LogP contribution in [-0.2, 0) is 6.42 Å². The quantitative estimate of drug-likeness (QED) is 0.897. The van der Waals surface area contributed by atoms with Gasteiger partial charge in [0, 0.05) is 18.7 Å². The molecule has 2 fully saturated rings. The number of nitrogens with one attached hydrogen (secondary N) is 1. The van der Waals surface area contributed by atoms with Crippen molar-refractivity contribution in [2.24, 2.45) is 5.41 Å². The molecule has 0 aromatic heterocycles. The molecule has 2 saturated heterocycles. The number of carbonyl (C=O) groups excluding carboxylic acids is 1. The Balaban J connectivity index is 1.68. The topological polar surface area (TPSA) is 32.3 Å². The number of amides is 1. The van der Waals surface area contributed by atoms with Gasteiger partial charge in [0.1, 0.15) is 0 Å². The Morgan fingerprint density at radius 3 is 2.55 bits per heavy atom. The molecule has 2 aliphatic heterocycles. The van der Waals surface area contributed by atoms with Crippen LogP contribution in [0.5, 0.6) is 0 Å². The van der Waals surface area contributed by atoms with Crippen molar-refractivity contribution in [3.05, 3.63) is 35.4 Å². The van der Waals surface area contributed by atoms with Crippen molar-refractivity contribution in [2.75, 3.05) is 26.2 Å². The first-order chi connectivity index (χ1) is 9.72. The van der Waals surface area contributed by atoms with Crippen molar-refractivity contribution in [1.82, 2.24) is 10.2 Å². The van der Waals surface area contributed by atoms with Gasteiger partial charge in [0.05, 0.1) is 0 Å². The average molecular weight is 272 g/mol. The molecule has 0 bridgehead atoms. The predicted molar refractivity (Wildman–Crippen MR) is 80.9 cm³/mol. The largest absolute Gasteiger partial charge is 0.338 e. The highest BCUT2D eigenvalue weighted by Gasteiger charge is 2.40. The summed E-state index contributed by atoms with van der Waals surface area (Å²) in [5.74, 6) is 0.211. The number of hydrogen-bond acceptors (Lipinski definition) is 2. The third-order valence-corrected chi connectivity index (χ3v) is 5.00. The number of rotatable bonds is 2. The summed E-state index contributed by atoms with van der Waals surface area (Å²) in [6, 6.07) is 8.11. The van der Waals surface area contributed by atoms with E-state index < -0.39 is 0 Å². The first-order valence-corrected chi connectivity index (χ1v) is 7.81. The first kappa shape index (κ1) is 13.6. The predicted octanol–water partition coefficient (Wildman–Crippen LogP) is 2.46. The van der Waals surface area contributed by atoms with Crippen molar-refractivity contribution in [3.8, 4) is 0 Å². The monoisotopic (exact) mass is 272 g/mol. The van der Waals surface area contributed by atoms with Crippen LogP contribution in [0.15, 0.2) is 24.3 Å². The molecule has 0 aliphatic carbocycles. The molecule has 0 radical (unpaired) electrons. The summed E-state index contributed by atoms with van der Waals surface area (Å²) in [5.41, 5.74) is 2.52. The number of carbonyl (C=O) groups is 1. The van der Waals surface area contributed by atoms with Gasteiger partial charge < -0.3 is 10.2 Å². The zero-order valence-corrected chi connectivity index (χ0v) is 12.3. The first-order valence-electron chi connectivity index (χ1n) is 7.81. The van der Waals surface area contributed by atoms with Gasteiger partial charge in [0.2, 0.25) is 0 Å². The van der Waals surface area contributed by atoms with E-state index in [0.717, 1.165) is 38.2 Å². The smallest absolute Gasteiger partial charge is 0.253 e. The molecule has 20 heavy (non-hydrogen) atoms. The summed E-state index contributed by atoms with van der Waals surface area (Å²) in [5, 5.41) is 3.42. The summed E-state index contributed by atoms with van der Waals surface area (Å²) < 4.78 is 0. The van der Waals surface area contributed by atoms with Crippen LogP contribution in [0.1, 0.15) is 42.1 Å². The second-order valence-electron chi connectivity index (χ2n) is 6.28. The molecule has 1 aromatic carbocycles. The van der Waals surface area contributed by atoms with Crippen LogP contribution in [0.2, 0.25) is 0 Å². The number of hydrogen-bond donors (Lipinski definition) is 1. The Labute approximate surface area is 121 Å². The lowest BCUT2D eigenvalue weighted by Crippen LogP contribution is -2.39. The fourth-order valence-corrected chi connectivity index (χ4v) is 3.54. The molecule has 0 unspecified atom stereocenters. The maximum atomic E-state index is 12.6. The maximum absolute atomic E-state index is 12.6. The Hall–Kier alpha value is -1.35. The Morgan fingerprint density at radius 2 is 1.90 bits per heavy atom. The van der Waals surface area contributed by atoms with Gasteiger partial charge in [-0.2, -0.15) is 0 Å². The van der Waals surface area contributed by atoms with E-state index in [9.17, 15) is 4.79 Å². The highest BCUT2D eigenvalue weighted by atomic mass is 16.2. The Bertz CT molecular complexity index is 474. The van der Waals surface area contributed by atoms with Gasteiger partial charge in [-0.3, -0.25) is 4.79 Å². The molecule has 0 saturated carbocycles. The fourth-order valence-electron chi connectivity index (χ4n) is 3.54. The lowest BCUT2D eigenvalue weighted by atomic mass is 9.78. The number of benzene rings is 1. The summed E-state index contributed by atoms with van der Waals surface area (Å²) in [4.78, 5) is 14.6. The van der Waals surface area contributed by atoms with Crippen LogP contribution in [0.4, 0.5) is 0 Å². The van der Waals surface area contributed by atoms with Gasteiger partial charge in [0.25, 0.3) is 5.91 Å². The number of piperidine rings is 1. The van der Waals surface area contributed by atoms with Crippen LogP contribution in [0.3, 0.4) is 0 Å². The summed E-state index contributed by atoms with van der Waals surface area (Å²) in [6.45, 7) is 6.22. The fraction of sp³-hybridized carbons (Fsp3) is 0.588. The molecule has 3 heteroatoms. The van der Waals surface area contributed by atoms with Crippen molar-refractivity contribution in [3.63, 3.8) is 0 Å². The van der Waals surface area contributed by atoms with Crippen LogP contribution < -0.4 is 5.32 Å². The normalized spacial score (nSPS) is 21.4. The molecule has 1 amide bonds. The van der Waals surface area contributed by atoms with E-state index in [2.05, 4.69) is 29.3 Å². The van der Waals surface area contributed by atoms with E-state index >= 15 is 0 Å². The van der Waals surface area contributed by atoms with Crippen LogP contribution in [0, 0.1) is 5.41 Å². The second kappa shape index (κ2) is 5.57. The van der Waals surface area contributed by atoms with Crippen LogP contribution >= 0.6 is 0 Å². The molecule has 2 aliphatic rings. The van der Waals surface area contributed by atoms with Crippen LogP contribution in [-0.4, -0.2) is 37.0 Å². The van der Waals surface area contributed by atoms with E-state index in [1.54, 1.807) is 0 Å². The van der Waals surface area contributed by atoms with E-state index in [1.807, 2.05) is 12.1 Å². The molecule has 0 atom stereocenters. The molecule has 2 heterocycles. The molecular weight excluding hydrogens is 248 g/mol. The minimum atomic E-state index is 0.211. The third kappa shape index (κ3) is 2.59. The van der Waals surface area contributed by atoms with Gasteiger partial charge >= 0.3 is 0 Å². The van der Waals surface area contributed by atoms with Crippen LogP contribution in [0.25, 0.3) is 0 Å². The van der Waals surface area contributed by atoms with Gasteiger partial charge in [-0.15, -0.1) is 0 Å². The van der Waals surface area contributed by atoms with E-state index in [-0.39, 0.29) is 5.91 Å². The molecule has 3 nitrogen and oxygen atoms in total. The van der Waals surface area contributed by atoms with E-state index in [4.69, 9.17) is 0 Å². The van der Waals surface area contributed by atoms with Crippen molar-refractivity contribution in [1.29, 1.82) is 0 Å². The van der Waals surface area contributed by atoms with Crippen molar-refractivity contribution in [2.45, 2.75) is 32.6 Å². The standard InChI is InChI=1S/C17H24N2O/c1-2-14-3-5-15(6-4-14)16(20)19-12-9-17(13-19)7-10-18-11-8-17/h3-6,18H,2,7-13H2,1H3. The second-order valence-corrected chi connectivity index (χ2v) is 6.28. The SMILES string of the molecule is CCc1ccc(C(=O)N2CCC3(CCNCC3)C2)cc1. The molecular formula is C17H24N2O. The highest BCUT2D eigenvalue weighted by Crippen LogP contribution is 2.38. The molecule has 108 valence electrons. The maximum Gasteiger partial charge on any atom is 0.253 e. The summed E-state index contributed by atoms with van der Waals surface area (Å²) >= 11 is 0. The molecule has 1 N–H and O–H groups in total. The zero-order valence-electron chi connectivity index (χ0n) is 12.3. The average Bonchev–Trinajstić information content (AvgIpc) is 2.91. The van der Waals surface area contributed by atoms with Gasteiger partial charge in [-0.1, -0.05) is 19.1 Å². The number of nitrogens with zero attached hydrogens (tertiary/aromatic N) is 1. The third-order valence-electron chi connectivity index (χ3n) is 5.00. The Morgan fingerprint density at radius 1 is 1.20 bits per heavy atom. The minimum Gasteiger partial charge on any atom is -0.338 e. The van der Waals surface area contributed by atoms with E-state index in [1.165, 1.54) is 24.8 Å². The number of aryl methyl sites for hydroxylation is 1. The lowest BCUT2D eigenvalue weighted by molar-refractivity contribution is 0.0762. The van der Waals surface area contributed by atoms with Gasteiger partial charge in [0.15, 0.2) is 0 Å². The van der Waals surface area contributed by atoms with Gasteiger partial charge in [-0.05, 0) is 61.9 Å². The van der Waals surface area contributed by atoms with Crippen molar-refractivity contribution >= 4 is 5.91 Å². The lowest BCUT2D eigenvalue weighted by Gasteiger charge is -2.33. The highest BCUT2D eigenvalue weighted by molar-refractivity contribution is 5.94. The number of likely N-dealkylation sites (tertiary alicyclic amines) is 1. The molecule has 1 aromatic rings. The molecule has 3 rings (SSSR count). The van der Waals surface area contributed by atoms with Gasteiger partial charge in [-0.25, -0.2) is 0 Å².